The molecule has 0 saturated carbocycles. The van der Waals surface area contributed by atoms with Gasteiger partial charge in [0.15, 0.2) is 0 Å². The van der Waals surface area contributed by atoms with Crippen molar-refractivity contribution in [1.29, 1.82) is 5.26 Å². The topological polar surface area (TPSA) is 74.0 Å². The van der Waals surface area contributed by atoms with Crippen LogP contribution in [-0.2, 0) is 0 Å². The average Bonchev–Trinajstić information content (AvgIpc) is 2.39. The van der Waals surface area contributed by atoms with Gasteiger partial charge in [-0.25, -0.2) is 4.79 Å². The molecule has 0 aliphatic heterocycles. The second-order valence-corrected chi connectivity index (χ2v) is 3.39. The predicted molar refractivity (Wildman–Crippen MR) is 61.3 cm³/mol. The number of hydrogen-bond donors (Lipinski definition) is 1. The Morgan fingerprint density at radius 3 is 2.53 bits per heavy atom. The molecule has 0 unspecified atom stereocenters. The molecular formula is C13H8N2O2. The van der Waals surface area contributed by atoms with Crippen LogP contribution in [0.5, 0.6) is 0 Å². The first-order valence-electron chi connectivity index (χ1n) is 4.91. The maximum absolute atomic E-state index is 10.7. The number of aromatic nitrogens is 1. The number of carboxylic acid groups (broad SMARTS) is 1. The van der Waals surface area contributed by atoms with Crippen LogP contribution >= 0.6 is 0 Å². The van der Waals surface area contributed by atoms with Gasteiger partial charge in [-0.2, -0.15) is 5.26 Å². The van der Waals surface area contributed by atoms with E-state index in [9.17, 15) is 4.79 Å². The highest BCUT2D eigenvalue weighted by Gasteiger charge is 2.07. The molecule has 4 nitrogen and oxygen atoms in total. The maximum atomic E-state index is 10.7. The lowest BCUT2D eigenvalue weighted by Crippen LogP contribution is -1.95. The first-order valence-corrected chi connectivity index (χ1v) is 4.91. The molecule has 0 aliphatic rings. The summed E-state index contributed by atoms with van der Waals surface area (Å²) in [4.78, 5) is 14.8. The van der Waals surface area contributed by atoms with Crippen molar-refractivity contribution in [3.63, 3.8) is 0 Å². The van der Waals surface area contributed by atoms with E-state index in [0.717, 1.165) is 5.56 Å². The summed E-state index contributed by atoms with van der Waals surface area (Å²) in [6.45, 7) is 0. The van der Waals surface area contributed by atoms with Crippen LogP contribution in [-0.4, -0.2) is 16.1 Å². The Bertz CT molecular complexity index is 598. The molecule has 2 rings (SSSR count). The SMILES string of the molecule is N#Cc1cccnc1-c1ccc(C(=O)O)cc1. The molecule has 1 aromatic heterocycles. The van der Waals surface area contributed by atoms with E-state index in [-0.39, 0.29) is 5.56 Å². The standard InChI is InChI=1S/C13H8N2O2/c14-8-11-2-1-7-15-12(11)9-3-5-10(6-4-9)13(16)17/h1-7H,(H,16,17). The summed E-state index contributed by atoms with van der Waals surface area (Å²) in [5.74, 6) is -0.974. The Morgan fingerprint density at radius 2 is 1.94 bits per heavy atom. The van der Waals surface area contributed by atoms with Crippen molar-refractivity contribution >= 4 is 5.97 Å². The van der Waals surface area contributed by atoms with E-state index in [1.165, 1.54) is 12.1 Å². The highest BCUT2D eigenvalue weighted by Crippen LogP contribution is 2.20. The van der Waals surface area contributed by atoms with Gasteiger partial charge in [0.25, 0.3) is 0 Å². The number of aromatic carboxylic acids is 1. The van der Waals surface area contributed by atoms with Crippen molar-refractivity contribution in [3.05, 3.63) is 53.7 Å². The molecule has 17 heavy (non-hydrogen) atoms. The number of carbonyl (C=O) groups is 1. The number of benzene rings is 1. The normalized spacial score (nSPS) is 9.59. The fraction of sp³-hybridized carbons (Fsp3) is 0. The first-order chi connectivity index (χ1) is 8.22. The van der Waals surface area contributed by atoms with Crippen molar-refractivity contribution in [2.45, 2.75) is 0 Å². The van der Waals surface area contributed by atoms with Crippen LogP contribution in [0.1, 0.15) is 15.9 Å². The van der Waals surface area contributed by atoms with Gasteiger partial charge in [-0.3, -0.25) is 4.98 Å². The molecule has 0 bridgehead atoms. The Morgan fingerprint density at radius 1 is 1.24 bits per heavy atom. The smallest absolute Gasteiger partial charge is 0.335 e. The van der Waals surface area contributed by atoms with Gasteiger partial charge in [0.05, 0.1) is 16.8 Å². The van der Waals surface area contributed by atoms with Gasteiger partial charge in [0, 0.05) is 11.8 Å². The fourth-order valence-corrected chi connectivity index (χ4v) is 1.50. The van der Waals surface area contributed by atoms with E-state index < -0.39 is 5.97 Å². The zero-order valence-electron chi connectivity index (χ0n) is 8.79. The Kier molecular flexibility index (Phi) is 2.84. The summed E-state index contributed by atoms with van der Waals surface area (Å²) in [7, 11) is 0. The van der Waals surface area contributed by atoms with Gasteiger partial charge >= 0.3 is 5.97 Å². The van der Waals surface area contributed by atoms with E-state index in [4.69, 9.17) is 10.4 Å². The van der Waals surface area contributed by atoms with Gasteiger partial charge in [-0.15, -0.1) is 0 Å². The molecule has 0 saturated heterocycles. The van der Waals surface area contributed by atoms with Gasteiger partial charge in [-0.1, -0.05) is 12.1 Å². The number of pyridine rings is 1. The van der Waals surface area contributed by atoms with Crippen molar-refractivity contribution in [2.24, 2.45) is 0 Å². The molecule has 1 N–H and O–H groups in total. The predicted octanol–water partition coefficient (Wildman–Crippen LogP) is 2.32. The minimum Gasteiger partial charge on any atom is -0.478 e. The van der Waals surface area contributed by atoms with Crippen LogP contribution in [0.25, 0.3) is 11.3 Å². The zero-order valence-corrected chi connectivity index (χ0v) is 8.79. The molecule has 1 aromatic carbocycles. The number of rotatable bonds is 2. The zero-order chi connectivity index (χ0) is 12.3. The summed E-state index contributed by atoms with van der Waals surface area (Å²) in [5.41, 5.74) is 1.97. The van der Waals surface area contributed by atoms with Crippen LogP contribution in [0.3, 0.4) is 0 Å². The lowest BCUT2D eigenvalue weighted by atomic mass is 10.0. The van der Waals surface area contributed by atoms with Gasteiger partial charge in [0.1, 0.15) is 6.07 Å². The summed E-state index contributed by atoms with van der Waals surface area (Å²) in [6, 6.07) is 11.7. The average molecular weight is 224 g/mol. The molecule has 0 aliphatic carbocycles. The van der Waals surface area contributed by atoms with Crippen LogP contribution in [0, 0.1) is 11.3 Å². The van der Waals surface area contributed by atoms with Crippen molar-refractivity contribution in [1.82, 2.24) is 4.98 Å². The molecule has 0 fully saturated rings. The second-order valence-electron chi connectivity index (χ2n) is 3.39. The molecule has 1 heterocycles. The Hall–Kier alpha value is -2.67. The third-order valence-electron chi connectivity index (χ3n) is 2.33. The highest BCUT2D eigenvalue weighted by atomic mass is 16.4. The molecular weight excluding hydrogens is 216 g/mol. The van der Waals surface area contributed by atoms with E-state index in [1.807, 2.05) is 0 Å². The number of hydrogen-bond acceptors (Lipinski definition) is 3. The maximum Gasteiger partial charge on any atom is 0.335 e. The summed E-state index contributed by atoms with van der Waals surface area (Å²) in [5, 5.41) is 17.7. The quantitative estimate of drug-likeness (QED) is 0.849. The Labute approximate surface area is 97.8 Å². The lowest BCUT2D eigenvalue weighted by Gasteiger charge is -2.02. The number of nitrogens with zero attached hydrogens (tertiary/aromatic N) is 2. The summed E-state index contributed by atoms with van der Waals surface area (Å²) >= 11 is 0. The van der Waals surface area contributed by atoms with Crippen molar-refractivity contribution < 1.29 is 9.90 Å². The van der Waals surface area contributed by atoms with E-state index >= 15 is 0 Å². The number of carboxylic acids is 1. The Balaban J connectivity index is 2.47. The lowest BCUT2D eigenvalue weighted by molar-refractivity contribution is 0.0697. The molecule has 0 amide bonds. The van der Waals surface area contributed by atoms with E-state index in [1.54, 1.807) is 30.5 Å². The second kappa shape index (κ2) is 4.45. The van der Waals surface area contributed by atoms with Crippen LogP contribution in [0.4, 0.5) is 0 Å². The third kappa shape index (κ3) is 2.13. The molecule has 0 spiro atoms. The number of nitriles is 1. The molecule has 4 heteroatoms. The van der Waals surface area contributed by atoms with E-state index in [0.29, 0.717) is 11.3 Å². The third-order valence-corrected chi connectivity index (χ3v) is 2.33. The fourth-order valence-electron chi connectivity index (χ4n) is 1.50. The first kappa shape index (κ1) is 10.8. The summed E-state index contributed by atoms with van der Waals surface area (Å²) < 4.78 is 0. The largest absolute Gasteiger partial charge is 0.478 e. The molecule has 0 radical (unpaired) electrons. The van der Waals surface area contributed by atoms with Crippen LogP contribution in [0.15, 0.2) is 42.6 Å². The van der Waals surface area contributed by atoms with Gasteiger partial charge in [-0.05, 0) is 24.3 Å². The molecule has 2 aromatic rings. The minimum atomic E-state index is -0.974. The highest BCUT2D eigenvalue weighted by molar-refractivity contribution is 5.88. The van der Waals surface area contributed by atoms with Crippen molar-refractivity contribution in [2.75, 3.05) is 0 Å². The van der Waals surface area contributed by atoms with Gasteiger partial charge in [0.2, 0.25) is 0 Å². The minimum absolute atomic E-state index is 0.211. The van der Waals surface area contributed by atoms with Crippen LogP contribution < -0.4 is 0 Å². The summed E-state index contributed by atoms with van der Waals surface area (Å²) in [6.07, 6.45) is 1.60. The molecule has 82 valence electrons. The van der Waals surface area contributed by atoms with Crippen molar-refractivity contribution in [3.8, 4) is 17.3 Å². The monoisotopic (exact) mass is 224 g/mol. The van der Waals surface area contributed by atoms with E-state index in [2.05, 4.69) is 11.1 Å². The van der Waals surface area contributed by atoms with Gasteiger partial charge < -0.3 is 5.11 Å². The molecule has 0 atom stereocenters. The van der Waals surface area contributed by atoms with Crippen LogP contribution in [0.2, 0.25) is 0 Å².